The fourth-order valence-electron chi connectivity index (χ4n) is 2.16. The van der Waals surface area contributed by atoms with Crippen molar-refractivity contribution in [2.45, 2.75) is 23.6 Å². The smallest absolute Gasteiger partial charge is 0.411 e. The summed E-state index contributed by atoms with van der Waals surface area (Å²) in [5, 5.41) is 10.0. The Kier molecular flexibility index (Phi) is 6.09. The third-order valence-electron chi connectivity index (χ3n) is 3.62. The summed E-state index contributed by atoms with van der Waals surface area (Å²) >= 11 is 4.40. The second-order valence-corrected chi connectivity index (χ2v) is 7.91. The highest BCUT2D eigenvalue weighted by Crippen LogP contribution is 2.30. The van der Waals surface area contributed by atoms with Crippen molar-refractivity contribution in [3.8, 4) is 11.5 Å². The van der Waals surface area contributed by atoms with Crippen molar-refractivity contribution in [2.75, 3.05) is 5.32 Å². The summed E-state index contributed by atoms with van der Waals surface area (Å²) in [6, 6.07) is 11.5. The van der Waals surface area contributed by atoms with E-state index in [1.807, 2.05) is 24.3 Å². The third kappa shape index (κ3) is 5.14. The van der Waals surface area contributed by atoms with Crippen LogP contribution in [0.4, 0.5) is 18.9 Å². The van der Waals surface area contributed by atoms with Crippen LogP contribution in [0.1, 0.15) is 12.5 Å². The number of benzene rings is 2. The van der Waals surface area contributed by atoms with Crippen molar-refractivity contribution in [3.63, 3.8) is 0 Å². The maximum absolute atomic E-state index is 12.6. The van der Waals surface area contributed by atoms with E-state index < -0.39 is 22.9 Å². The van der Waals surface area contributed by atoms with Crippen LogP contribution >= 0.6 is 27.7 Å². The SMILES string of the molecule is CC(Sc1nnc(-c2ccc(Br)cc2)o1)C(=O)Nc1ccc(C(F)(F)F)cc1. The van der Waals surface area contributed by atoms with E-state index in [4.69, 9.17) is 4.42 Å². The van der Waals surface area contributed by atoms with Gasteiger partial charge in [0.2, 0.25) is 11.8 Å². The molecule has 0 saturated heterocycles. The Balaban J connectivity index is 1.61. The maximum atomic E-state index is 12.6. The molecular formula is C18H13BrF3N3O2S. The highest BCUT2D eigenvalue weighted by molar-refractivity contribution is 9.10. The van der Waals surface area contributed by atoms with Crippen molar-refractivity contribution in [1.82, 2.24) is 10.2 Å². The summed E-state index contributed by atoms with van der Waals surface area (Å²) < 4.78 is 44.2. The van der Waals surface area contributed by atoms with Crippen molar-refractivity contribution in [1.29, 1.82) is 0 Å². The number of alkyl halides is 3. The van der Waals surface area contributed by atoms with E-state index in [9.17, 15) is 18.0 Å². The van der Waals surface area contributed by atoms with Gasteiger partial charge in [-0.2, -0.15) is 13.2 Å². The second kappa shape index (κ2) is 8.36. The molecule has 0 fully saturated rings. The average molecular weight is 472 g/mol. The predicted octanol–water partition coefficient (Wildman–Crippen LogP) is 5.64. The number of amides is 1. The number of nitrogens with one attached hydrogen (secondary N) is 1. The first-order valence-electron chi connectivity index (χ1n) is 7.96. The van der Waals surface area contributed by atoms with Gasteiger partial charge in [0.25, 0.3) is 5.22 Å². The molecule has 0 aliphatic heterocycles. The van der Waals surface area contributed by atoms with E-state index in [0.29, 0.717) is 5.89 Å². The molecule has 2 aromatic carbocycles. The minimum Gasteiger partial charge on any atom is -0.411 e. The summed E-state index contributed by atoms with van der Waals surface area (Å²) in [5.74, 6) is -0.0708. The first-order valence-corrected chi connectivity index (χ1v) is 9.64. The van der Waals surface area contributed by atoms with Crippen LogP contribution in [-0.2, 0) is 11.0 Å². The zero-order valence-corrected chi connectivity index (χ0v) is 16.7. The number of hydrogen-bond acceptors (Lipinski definition) is 5. The molecule has 10 heteroatoms. The lowest BCUT2D eigenvalue weighted by Crippen LogP contribution is -2.22. The largest absolute Gasteiger partial charge is 0.416 e. The van der Waals surface area contributed by atoms with Crippen LogP contribution in [0, 0.1) is 0 Å². The summed E-state index contributed by atoms with van der Waals surface area (Å²) in [5.41, 5.74) is 0.232. The zero-order valence-electron chi connectivity index (χ0n) is 14.3. The fraction of sp³-hybridized carbons (Fsp3) is 0.167. The topological polar surface area (TPSA) is 68.0 Å². The van der Waals surface area contributed by atoms with Gasteiger partial charge in [-0.1, -0.05) is 27.7 Å². The molecule has 146 valence electrons. The van der Waals surface area contributed by atoms with Gasteiger partial charge in [-0.3, -0.25) is 4.79 Å². The van der Waals surface area contributed by atoms with Gasteiger partial charge < -0.3 is 9.73 Å². The molecule has 0 spiro atoms. The lowest BCUT2D eigenvalue weighted by atomic mass is 10.2. The molecule has 3 rings (SSSR count). The standard InChI is InChI=1S/C18H13BrF3N3O2S/c1-10(15(26)23-14-8-4-12(5-9-14)18(20,21)22)28-17-25-24-16(27-17)11-2-6-13(19)7-3-11/h2-10H,1H3,(H,23,26). The molecule has 1 amide bonds. The molecule has 1 unspecified atom stereocenters. The zero-order chi connectivity index (χ0) is 20.3. The molecule has 0 aliphatic rings. The number of rotatable bonds is 5. The minimum atomic E-state index is -4.42. The summed E-state index contributed by atoms with van der Waals surface area (Å²) in [6.07, 6.45) is -4.42. The molecule has 0 saturated carbocycles. The average Bonchev–Trinajstić information content (AvgIpc) is 3.10. The number of carbonyl (C=O) groups is 1. The first kappa shape index (κ1) is 20.4. The van der Waals surface area contributed by atoms with E-state index in [1.165, 1.54) is 12.1 Å². The van der Waals surface area contributed by atoms with Gasteiger partial charge in [-0.25, -0.2) is 0 Å². The van der Waals surface area contributed by atoms with Crippen LogP contribution < -0.4 is 5.32 Å². The Morgan fingerprint density at radius 2 is 1.75 bits per heavy atom. The first-order chi connectivity index (χ1) is 13.2. The predicted molar refractivity (Wildman–Crippen MR) is 103 cm³/mol. The van der Waals surface area contributed by atoms with E-state index in [2.05, 4.69) is 31.4 Å². The molecule has 0 bridgehead atoms. The van der Waals surface area contributed by atoms with Gasteiger partial charge in [0.15, 0.2) is 0 Å². The Hall–Kier alpha value is -2.33. The molecule has 0 radical (unpaired) electrons. The molecule has 1 heterocycles. The fourth-order valence-corrected chi connectivity index (χ4v) is 3.11. The van der Waals surface area contributed by atoms with E-state index >= 15 is 0 Å². The van der Waals surface area contributed by atoms with Crippen molar-refractivity contribution in [3.05, 3.63) is 58.6 Å². The second-order valence-electron chi connectivity index (χ2n) is 5.70. The van der Waals surface area contributed by atoms with Gasteiger partial charge in [-0.15, -0.1) is 10.2 Å². The highest BCUT2D eigenvalue weighted by atomic mass is 79.9. The Labute approximate surface area is 170 Å². The Bertz CT molecular complexity index is 959. The highest BCUT2D eigenvalue weighted by Gasteiger charge is 2.30. The Morgan fingerprint density at radius 1 is 1.11 bits per heavy atom. The molecule has 5 nitrogen and oxygen atoms in total. The normalized spacial score (nSPS) is 12.6. The van der Waals surface area contributed by atoms with Gasteiger partial charge >= 0.3 is 6.18 Å². The molecule has 1 N–H and O–H groups in total. The van der Waals surface area contributed by atoms with Crippen LogP contribution in [0.5, 0.6) is 0 Å². The maximum Gasteiger partial charge on any atom is 0.416 e. The van der Waals surface area contributed by atoms with Gasteiger partial charge in [0.05, 0.1) is 10.8 Å². The number of carbonyl (C=O) groups excluding carboxylic acids is 1. The van der Waals surface area contributed by atoms with Gasteiger partial charge in [-0.05, 0) is 55.5 Å². The summed E-state index contributed by atoms with van der Waals surface area (Å²) in [6.45, 7) is 1.63. The van der Waals surface area contributed by atoms with Crippen LogP contribution in [0.25, 0.3) is 11.5 Å². The van der Waals surface area contributed by atoms with Crippen LogP contribution in [-0.4, -0.2) is 21.4 Å². The van der Waals surface area contributed by atoms with Crippen LogP contribution in [0.15, 0.2) is 62.6 Å². The Morgan fingerprint density at radius 3 is 2.36 bits per heavy atom. The number of hydrogen-bond donors (Lipinski definition) is 1. The lowest BCUT2D eigenvalue weighted by Gasteiger charge is -2.11. The minimum absolute atomic E-state index is 0.216. The molecule has 1 atom stereocenters. The summed E-state index contributed by atoms with van der Waals surface area (Å²) in [7, 11) is 0. The molecule has 0 aliphatic carbocycles. The van der Waals surface area contributed by atoms with E-state index in [-0.39, 0.29) is 10.9 Å². The number of thioether (sulfide) groups is 1. The molecule has 3 aromatic rings. The van der Waals surface area contributed by atoms with Crippen LogP contribution in [0.3, 0.4) is 0 Å². The van der Waals surface area contributed by atoms with E-state index in [0.717, 1.165) is 33.9 Å². The van der Waals surface area contributed by atoms with Crippen LogP contribution in [0.2, 0.25) is 0 Å². The third-order valence-corrected chi connectivity index (χ3v) is 5.09. The quantitative estimate of drug-likeness (QED) is 0.487. The lowest BCUT2D eigenvalue weighted by molar-refractivity contribution is -0.137. The van der Waals surface area contributed by atoms with Crippen molar-refractivity contribution in [2.24, 2.45) is 0 Å². The van der Waals surface area contributed by atoms with Crippen molar-refractivity contribution >= 4 is 39.3 Å². The number of anilines is 1. The van der Waals surface area contributed by atoms with Gasteiger partial charge in [0.1, 0.15) is 0 Å². The number of aromatic nitrogens is 2. The van der Waals surface area contributed by atoms with Crippen molar-refractivity contribution < 1.29 is 22.4 Å². The number of halogens is 4. The molecular weight excluding hydrogens is 459 g/mol. The van der Waals surface area contributed by atoms with Gasteiger partial charge in [0, 0.05) is 15.7 Å². The number of nitrogens with zero attached hydrogens (tertiary/aromatic N) is 2. The monoisotopic (exact) mass is 471 g/mol. The van der Waals surface area contributed by atoms with E-state index in [1.54, 1.807) is 6.92 Å². The molecule has 1 aromatic heterocycles. The summed E-state index contributed by atoms with van der Waals surface area (Å²) in [4.78, 5) is 12.3. The molecule has 28 heavy (non-hydrogen) atoms.